The zero-order chi connectivity index (χ0) is 22.5. The van der Waals surface area contributed by atoms with Crippen LogP contribution >= 0.6 is 15.9 Å². The van der Waals surface area contributed by atoms with Crippen molar-refractivity contribution in [3.05, 3.63) is 70.0 Å². The third-order valence-corrected chi connectivity index (χ3v) is 5.80. The molecule has 0 atom stereocenters. The molecule has 166 valence electrons. The molecule has 0 bridgehead atoms. The summed E-state index contributed by atoms with van der Waals surface area (Å²) in [4.78, 5) is 24.6. The maximum absolute atomic E-state index is 13.1. The third kappa shape index (κ3) is 5.02. The van der Waals surface area contributed by atoms with Crippen LogP contribution in [0.25, 0.3) is 5.69 Å². The van der Waals surface area contributed by atoms with Crippen molar-refractivity contribution in [2.24, 2.45) is 0 Å². The van der Waals surface area contributed by atoms with Crippen molar-refractivity contribution >= 4 is 33.4 Å². The summed E-state index contributed by atoms with van der Waals surface area (Å²) < 4.78 is 8.32. The summed E-state index contributed by atoms with van der Waals surface area (Å²) >= 11 is 3.52. The van der Waals surface area contributed by atoms with Crippen LogP contribution in [0.4, 0.5) is 5.69 Å². The fourth-order valence-electron chi connectivity index (χ4n) is 3.82. The first-order valence-electron chi connectivity index (χ1n) is 10.7. The first kappa shape index (κ1) is 22.1. The Labute approximate surface area is 195 Å². The van der Waals surface area contributed by atoms with E-state index in [4.69, 9.17) is 9.84 Å². The van der Waals surface area contributed by atoms with Crippen LogP contribution in [-0.2, 0) is 17.6 Å². The lowest BCUT2D eigenvalue weighted by Gasteiger charge is -2.14. The summed E-state index contributed by atoms with van der Waals surface area (Å²) in [6.45, 7) is 2.38. The highest BCUT2D eigenvalue weighted by Crippen LogP contribution is 2.28. The molecule has 2 amide bonds. The van der Waals surface area contributed by atoms with E-state index < -0.39 is 0 Å². The van der Waals surface area contributed by atoms with Gasteiger partial charge < -0.3 is 15.4 Å². The maximum atomic E-state index is 13.1. The molecule has 0 saturated heterocycles. The van der Waals surface area contributed by atoms with Crippen molar-refractivity contribution in [3.8, 4) is 11.4 Å². The Kier molecular flexibility index (Phi) is 6.90. The second-order valence-electron chi connectivity index (χ2n) is 7.59. The number of fused-ring (bicyclic) bond motifs is 1. The standard InChI is InChI=1S/C24H25BrN4O3/c1-2-26-22(30)15-32-19-12-10-17(11-13-19)27-24(31)23-20-8-3-4-9-21(20)29(28-23)18-7-5-6-16(25)14-18/h5-7,10-14H,2-4,8-9,15H2,1H3,(H,26,30)(H,27,31). The van der Waals surface area contributed by atoms with E-state index in [1.54, 1.807) is 24.3 Å². The van der Waals surface area contributed by atoms with Crippen LogP contribution in [0.3, 0.4) is 0 Å². The Balaban J connectivity index is 1.51. The van der Waals surface area contributed by atoms with Gasteiger partial charge in [-0.1, -0.05) is 22.0 Å². The second kappa shape index (κ2) is 9.99. The Morgan fingerprint density at radius 3 is 2.66 bits per heavy atom. The monoisotopic (exact) mass is 496 g/mol. The fraction of sp³-hybridized carbons (Fsp3) is 0.292. The molecule has 2 N–H and O–H groups in total. The Bertz CT molecular complexity index is 1120. The number of carbonyl (C=O) groups is 2. The molecule has 1 aliphatic carbocycles. The topological polar surface area (TPSA) is 85.2 Å². The van der Waals surface area contributed by atoms with Crippen LogP contribution < -0.4 is 15.4 Å². The largest absolute Gasteiger partial charge is 0.484 e. The van der Waals surface area contributed by atoms with Gasteiger partial charge in [-0.15, -0.1) is 0 Å². The van der Waals surface area contributed by atoms with Crippen LogP contribution in [0, 0.1) is 0 Å². The molecule has 3 aromatic rings. The van der Waals surface area contributed by atoms with E-state index in [9.17, 15) is 9.59 Å². The fourth-order valence-corrected chi connectivity index (χ4v) is 4.21. The summed E-state index contributed by atoms with van der Waals surface area (Å²) in [6.07, 6.45) is 3.89. The van der Waals surface area contributed by atoms with Crippen LogP contribution in [0.5, 0.6) is 5.75 Å². The molecule has 1 aromatic heterocycles. The molecule has 0 unspecified atom stereocenters. The molecule has 0 aliphatic heterocycles. The summed E-state index contributed by atoms with van der Waals surface area (Å²) in [6, 6.07) is 14.9. The number of halogens is 1. The minimum Gasteiger partial charge on any atom is -0.484 e. The predicted octanol–water partition coefficient (Wildman–Crippen LogP) is 4.28. The number of nitrogens with zero attached hydrogens (tertiary/aromatic N) is 2. The van der Waals surface area contributed by atoms with E-state index >= 15 is 0 Å². The zero-order valence-corrected chi connectivity index (χ0v) is 19.4. The van der Waals surface area contributed by atoms with Crippen LogP contribution in [-0.4, -0.2) is 34.7 Å². The maximum Gasteiger partial charge on any atom is 0.276 e. The molecule has 4 rings (SSSR count). The number of benzene rings is 2. The summed E-state index contributed by atoms with van der Waals surface area (Å²) in [5, 5.41) is 10.3. The second-order valence-corrected chi connectivity index (χ2v) is 8.51. The third-order valence-electron chi connectivity index (χ3n) is 5.30. The van der Waals surface area contributed by atoms with Crippen molar-refractivity contribution < 1.29 is 14.3 Å². The van der Waals surface area contributed by atoms with E-state index in [1.165, 1.54) is 0 Å². The average Bonchev–Trinajstić information content (AvgIpc) is 3.19. The molecule has 7 nitrogen and oxygen atoms in total. The summed E-state index contributed by atoms with van der Waals surface area (Å²) in [7, 11) is 0. The van der Waals surface area contributed by atoms with Gasteiger partial charge in [0.15, 0.2) is 12.3 Å². The highest BCUT2D eigenvalue weighted by Gasteiger charge is 2.25. The van der Waals surface area contributed by atoms with Gasteiger partial charge in [-0.2, -0.15) is 5.10 Å². The van der Waals surface area contributed by atoms with Crippen molar-refractivity contribution in [1.29, 1.82) is 0 Å². The van der Waals surface area contributed by atoms with Gasteiger partial charge >= 0.3 is 0 Å². The molecule has 0 spiro atoms. The number of aromatic nitrogens is 2. The lowest BCUT2D eigenvalue weighted by atomic mass is 9.95. The van der Waals surface area contributed by atoms with Gasteiger partial charge in [-0.05, 0) is 75.1 Å². The molecule has 8 heteroatoms. The number of likely N-dealkylation sites (N-methyl/N-ethyl adjacent to an activating group) is 1. The average molecular weight is 497 g/mol. The van der Waals surface area contributed by atoms with Gasteiger partial charge in [-0.25, -0.2) is 4.68 Å². The Morgan fingerprint density at radius 1 is 1.12 bits per heavy atom. The van der Waals surface area contributed by atoms with Gasteiger partial charge in [0, 0.05) is 28.0 Å². The lowest BCUT2D eigenvalue weighted by molar-refractivity contribution is -0.122. The van der Waals surface area contributed by atoms with E-state index in [0.717, 1.165) is 47.1 Å². The number of hydrogen-bond donors (Lipinski definition) is 2. The lowest BCUT2D eigenvalue weighted by Crippen LogP contribution is -2.28. The van der Waals surface area contributed by atoms with E-state index in [-0.39, 0.29) is 18.4 Å². The van der Waals surface area contributed by atoms with Crippen molar-refractivity contribution in [1.82, 2.24) is 15.1 Å². The zero-order valence-electron chi connectivity index (χ0n) is 17.9. The minimum absolute atomic E-state index is 0.0429. The van der Waals surface area contributed by atoms with Crippen molar-refractivity contribution in [3.63, 3.8) is 0 Å². The quantitative estimate of drug-likeness (QED) is 0.511. The number of hydrogen-bond acceptors (Lipinski definition) is 4. The van der Waals surface area contributed by atoms with E-state index in [1.807, 2.05) is 35.9 Å². The number of ether oxygens (including phenoxy) is 1. The van der Waals surface area contributed by atoms with E-state index in [2.05, 4.69) is 26.6 Å². The van der Waals surface area contributed by atoms with Gasteiger partial charge in [0.05, 0.1) is 5.69 Å². The van der Waals surface area contributed by atoms with Gasteiger partial charge in [0.2, 0.25) is 0 Å². The molecule has 1 heterocycles. The first-order chi connectivity index (χ1) is 15.5. The minimum atomic E-state index is -0.229. The molecule has 32 heavy (non-hydrogen) atoms. The molecule has 0 fully saturated rings. The summed E-state index contributed by atoms with van der Waals surface area (Å²) in [5.74, 6) is 0.161. The van der Waals surface area contributed by atoms with Crippen molar-refractivity contribution in [2.45, 2.75) is 32.6 Å². The molecule has 1 aliphatic rings. The SMILES string of the molecule is CCNC(=O)COc1ccc(NC(=O)c2nn(-c3cccc(Br)c3)c3c2CCCC3)cc1. The number of carbonyl (C=O) groups excluding carboxylic acids is 2. The van der Waals surface area contributed by atoms with Crippen LogP contribution in [0.1, 0.15) is 41.5 Å². The number of rotatable bonds is 7. The smallest absolute Gasteiger partial charge is 0.276 e. The Morgan fingerprint density at radius 2 is 1.91 bits per heavy atom. The number of nitrogens with one attached hydrogen (secondary N) is 2. The predicted molar refractivity (Wildman–Crippen MR) is 126 cm³/mol. The molecular formula is C24H25BrN4O3. The highest BCUT2D eigenvalue weighted by molar-refractivity contribution is 9.10. The highest BCUT2D eigenvalue weighted by atomic mass is 79.9. The van der Waals surface area contributed by atoms with Crippen LogP contribution in [0.15, 0.2) is 53.0 Å². The molecule has 2 aromatic carbocycles. The van der Waals surface area contributed by atoms with Crippen molar-refractivity contribution in [2.75, 3.05) is 18.5 Å². The molecular weight excluding hydrogens is 472 g/mol. The molecule has 0 saturated carbocycles. The van der Waals surface area contributed by atoms with Crippen LogP contribution in [0.2, 0.25) is 0 Å². The number of anilines is 1. The summed E-state index contributed by atoms with van der Waals surface area (Å²) in [5.41, 5.74) is 4.17. The van der Waals surface area contributed by atoms with E-state index in [0.29, 0.717) is 23.7 Å². The normalized spacial score (nSPS) is 12.7. The number of amides is 2. The van der Waals surface area contributed by atoms with Gasteiger partial charge in [0.25, 0.3) is 11.8 Å². The first-order valence-corrected chi connectivity index (χ1v) is 11.5. The Hall–Kier alpha value is -3.13. The molecule has 0 radical (unpaired) electrons. The van der Waals surface area contributed by atoms with Gasteiger partial charge in [0.1, 0.15) is 5.75 Å². The van der Waals surface area contributed by atoms with Gasteiger partial charge in [-0.3, -0.25) is 9.59 Å².